The van der Waals surface area contributed by atoms with Crippen LogP contribution in [-0.2, 0) is 6.42 Å². The maximum Gasteiger partial charge on any atom is 0.255 e. The van der Waals surface area contributed by atoms with E-state index < -0.39 is 0 Å². The number of carbonyl (C=O) groups excluding carboxylic acids is 1. The third-order valence-electron chi connectivity index (χ3n) is 3.21. The number of pyridine rings is 1. The molecule has 0 bridgehead atoms. The summed E-state index contributed by atoms with van der Waals surface area (Å²) < 4.78 is 1.48. The lowest BCUT2D eigenvalue weighted by molar-refractivity contribution is 0.0953. The van der Waals surface area contributed by atoms with Crippen LogP contribution in [0.5, 0.6) is 0 Å². The molecule has 0 aliphatic rings. The summed E-state index contributed by atoms with van der Waals surface area (Å²) in [6.45, 7) is 0.564. The van der Waals surface area contributed by atoms with Gasteiger partial charge in [-0.1, -0.05) is 30.3 Å². The van der Waals surface area contributed by atoms with Crippen LogP contribution in [0.3, 0.4) is 0 Å². The van der Waals surface area contributed by atoms with Crippen LogP contribution in [0.25, 0.3) is 5.82 Å². The SMILES string of the molecule is O=C(NCCc1ccccc1)c1cccnc1-n1cncn1. The summed E-state index contributed by atoms with van der Waals surface area (Å²) in [5, 5.41) is 6.93. The standard InChI is InChI=1S/C16H15N5O/c22-16(19-10-8-13-5-2-1-3-6-13)14-7-4-9-18-15(14)21-12-17-11-20-21/h1-7,9,11-12H,8,10H2,(H,19,22). The third kappa shape index (κ3) is 3.17. The van der Waals surface area contributed by atoms with Gasteiger partial charge in [-0.25, -0.2) is 14.6 Å². The van der Waals surface area contributed by atoms with Crippen LogP contribution in [0.4, 0.5) is 0 Å². The number of carbonyl (C=O) groups is 1. The Kier molecular flexibility index (Phi) is 4.20. The Morgan fingerprint density at radius 3 is 2.77 bits per heavy atom. The maximum atomic E-state index is 12.3. The number of aromatic nitrogens is 4. The molecule has 22 heavy (non-hydrogen) atoms. The Morgan fingerprint density at radius 2 is 2.00 bits per heavy atom. The normalized spacial score (nSPS) is 10.4. The molecule has 2 aromatic heterocycles. The summed E-state index contributed by atoms with van der Waals surface area (Å²) in [7, 11) is 0. The molecule has 110 valence electrons. The van der Waals surface area contributed by atoms with Crippen molar-refractivity contribution < 1.29 is 4.79 Å². The van der Waals surface area contributed by atoms with E-state index in [0.29, 0.717) is 17.9 Å². The molecule has 0 aliphatic heterocycles. The number of rotatable bonds is 5. The van der Waals surface area contributed by atoms with E-state index in [1.165, 1.54) is 22.9 Å². The summed E-state index contributed by atoms with van der Waals surface area (Å²) in [6.07, 6.45) is 5.33. The van der Waals surface area contributed by atoms with Crippen molar-refractivity contribution in [3.63, 3.8) is 0 Å². The molecule has 0 unspecified atom stereocenters. The van der Waals surface area contributed by atoms with Gasteiger partial charge in [-0.3, -0.25) is 4.79 Å². The number of hydrogen-bond acceptors (Lipinski definition) is 4. The monoisotopic (exact) mass is 293 g/mol. The molecule has 6 nitrogen and oxygen atoms in total. The molecule has 0 aliphatic carbocycles. The van der Waals surface area contributed by atoms with Gasteiger partial charge in [0, 0.05) is 12.7 Å². The molecular weight excluding hydrogens is 278 g/mol. The van der Waals surface area contributed by atoms with Crippen molar-refractivity contribution in [3.05, 3.63) is 72.4 Å². The fourth-order valence-corrected chi connectivity index (χ4v) is 2.13. The molecule has 0 saturated heterocycles. The average Bonchev–Trinajstić information content (AvgIpc) is 3.10. The number of nitrogens with one attached hydrogen (secondary N) is 1. The van der Waals surface area contributed by atoms with E-state index in [1.54, 1.807) is 18.3 Å². The predicted molar refractivity (Wildman–Crippen MR) is 81.6 cm³/mol. The first kappa shape index (κ1) is 13.9. The zero-order valence-corrected chi connectivity index (χ0v) is 11.9. The second-order valence-electron chi connectivity index (χ2n) is 4.71. The van der Waals surface area contributed by atoms with Crippen LogP contribution in [-0.4, -0.2) is 32.2 Å². The van der Waals surface area contributed by atoms with Gasteiger partial charge in [0.05, 0.1) is 5.56 Å². The minimum Gasteiger partial charge on any atom is -0.352 e. The fourth-order valence-electron chi connectivity index (χ4n) is 2.13. The Morgan fingerprint density at radius 1 is 1.14 bits per heavy atom. The zero-order valence-electron chi connectivity index (χ0n) is 11.9. The van der Waals surface area contributed by atoms with E-state index in [-0.39, 0.29) is 5.91 Å². The first-order valence-corrected chi connectivity index (χ1v) is 6.97. The molecule has 2 heterocycles. The summed E-state index contributed by atoms with van der Waals surface area (Å²) in [5.74, 6) is 0.298. The van der Waals surface area contributed by atoms with E-state index in [2.05, 4.69) is 20.4 Å². The molecule has 0 spiro atoms. The molecule has 0 radical (unpaired) electrons. The van der Waals surface area contributed by atoms with Crippen molar-refractivity contribution in [2.24, 2.45) is 0 Å². The van der Waals surface area contributed by atoms with Crippen molar-refractivity contribution in [1.82, 2.24) is 25.1 Å². The molecule has 6 heteroatoms. The van der Waals surface area contributed by atoms with Crippen LogP contribution in [0.1, 0.15) is 15.9 Å². The highest BCUT2D eigenvalue weighted by molar-refractivity contribution is 5.97. The van der Waals surface area contributed by atoms with E-state index in [1.807, 2.05) is 30.3 Å². The van der Waals surface area contributed by atoms with Crippen LogP contribution < -0.4 is 5.32 Å². The Balaban J connectivity index is 1.68. The fraction of sp³-hybridized carbons (Fsp3) is 0.125. The summed E-state index contributed by atoms with van der Waals surface area (Å²) in [4.78, 5) is 20.4. The Labute approximate surface area is 127 Å². The van der Waals surface area contributed by atoms with Crippen molar-refractivity contribution in [3.8, 4) is 5.82 Å². The lowest BCUT2D eigenvalue weighted by atomic mass is 10.1. The van der Waals surface area contributed by atoms with E-state index in [9.17, 15) is 4.79 Å². The molecule has 3 aromatic rings. The van der Waals surface area contributed by atoms with Crippen LogP contribution in [0.2, 0.25) is 0 Å². The highest BCUT2D eigenvalue weighted by atomic mass is 16.1. The van der Waals surface area contributed by atoms with Crippen molar-refractivity contribution in [2.75, 3.05) is 6.54 Å². The lowest BCUT2D eigenvalue weighted by Gasteiger charge is -2.09. The van der Waals surface area contributed by atoms with Crippen molar-refractivity contribution in [2.45, 2.75) is 6.42 Å². The van der Waals surface area contributed by atoms with Crippen LogP contribution in [0, 0.1) is 0 Å². The Hall–Kier alpha value is -3.02. The van der Waals surface area contributed by atoms with E-state index in [0.717, 1.165) is 6.42 Å². The second kappa shape index (κ2) is 6.62. The minimum atomic E-state index is -0.172. The van der Waals surface area contributed by atoms with Gasteiger partial charge in [0.1, 0.15) is 12.7 Å². The molecule has 0 saturated carbocycles. The first-order chi connectivity index (χ1) is 10.8. The quantitative estimate of drug-likeness (QED) is 0.776. The molecule has 3 rings (SSSR count). The van der Waals surface area contributed by atoms with E-state index >= 15 is 0 Å². The highest BCUT2D eigenvalue weighted by Gasteiger charge is 2.13. The predicted octanol–water partition coefficient (Wildman–Crippen LogP) is 1.63. The van der Waals surface area contributed by atoms with Gasteiger partial charge in [-0.2, -0.15) is 5.10 Å². The highest BCUT2D eigenvalue weighted by Crippen LogP contribution is 2.09. The van der Waals surface area contributed by atoms with Gasteiger partial charge in [-0.05, 0) is 24.1 Å². The van der Waals surface area contributed by atoms with Gasteiger partial charge in [0.2, 0.25) is 0 Å². The molecule has 0 atom stereocenters. The largest absolute Gasteiger partial charge is 0.352 e. The van der Waals surface area contributed by atoms with E-state index in [4.69, 9.17) is 0 Å². The smallest absolute Gasteiger partial charge is 0.255 e. The van der Waals surface area contributed by atoms with Gasteiger partial charge in [0.25, 0.3) is 5.91 Å². The number of nitrogens with zero attached hydrogens (tertiary/aromatic N) is 4. The van der Waals surface area contributed by atoms with Crippen LogP contribution in [0.15, 0.2) is 61.3 Å². The van der Waals surface area contributed by atoms with Gasteiger partial charge >= 0.3 is 0 Å². The number of benzene rings is 1. The van der Waals surface area contributed by atoms with Crippen molar-refractivity contribution >= 4 is 5.91 Å². The molecule has 1 aromatic carbocycles. The lowest BCUT2D eigenvalue weighted by Crippen LogP contribution is -2.27. The summed E-state index contributed by atoms with van der Waals surface area (Å²) in [6, 6.07) is 13.5. The number of amides is 1. The topological polar surface area (TPSA) is 72.7 Å². The molecule has 0 fully saturated rings. The molecular formula is C16H15N5O. The average molecular weight is 293 g/mol. The summed E-state index contributed by atoms with van der Waals surface area (Å²) in [5.41, 5.74) is 1.66. The second-order valence-corrected chi connectivity index (χ2v) is 4.71. The third-order valence-corrected chi connectivity index (χ3v) is 3.21. The first-order valence-electron chi connectivity index (χ1n) is 6.97. The zero-order chi connectivity index (χ0) is 15.2. The molecule has 1 amide bonds. The van der Waals surface area contributed by atoms with Gasteiger partial charge in [-0.15, -0.1) is 0 Å². The minimum absolute atomic E-state index is 0.172. The Bertz CT molecular complexity index is 740. The van der Waals surface area contributed by atoms with Gasteiger partial charge in [0.15, 0.2) is 5.82 Å². The van der Waals surface area contributed by atoms with Crippen molar-refractivity contribution in [1.29, 1.82) is 0 Å². The van der Waals surface area contributed by atoms with Crippen LogP contribution >= 0.6 is 0 Å². The molecule has 1 N–H and O–H groups in total. The maximum absolute atomic E-state index is 12.3. The van der Waals surface area contributed by atoms with Gasteiger partial charge < -0.3 is 5.32 Å². The summed E-state index contributed by atoms with van der Waals surface area (Å²) >= 11 is 0. The number of hydrogen-bond donors (Lipinski definition) is 1.